The molecule has 148 valence electrons. The van der Waals surface area contributed by atoms with E-state index < -0.39 is 23.5 Å². The van der Waals surface area contributed by atoms with Crippen LogP contribution in [0.3, 0.4) is 0 Å². The van der Waals surface area contributed by atoms with Crippen molar-refractivity contribution in [2.24, 2.45) is 5.92 Å². The third kappa shape index (κ3) is 5.14. The predicted molar refractivity (Wildman–Crippen MR) is 95.9 cm³/mol. The molecule has 0 N–H and O–H groups in total. The molecule has 1 saturated carbocycles. The Kier molecular flexibility index (Phi) is 7.78. The maximum absolute atomic E-state index is 14.5. The molecule has 0 spiro atoms. The quantitative estimate of drug-likeness (QED) is 0.327. The maximum atomic E-state index is 14.5. The van der Waals surface area contributed by atoms with Crippen LogP contribution in [0.15, 0.2) is 12.1 Å². The summed E-state index contributed by atoms with van der Waals surface area (Å²) in [5, 5.41) is 0. The SMILES string of the molecule is CCCCOc1ccc(C2CCC(C(F)(F)CCCC)CC2)c(F)c1F. The Labute approximate surface area is 154 Å². The fourth-order valence-corrected chi connectivity index (χ4v) is 3.74. The van der Waals surface area contributed by atoms with E-state index in [1.165, 1.54) is 6.07 Å². The highest BCUT2D eigenvalue weighted by atomic mass is 19.3. The Hall–Kier alpha value is -1.26. The first-order chi connectivity index (χ1) is 12.4. The molecule has 1 aromatic carbocycles. The molecule has 0 bridgehead atoms. The van der Waals surface area contributed by atoms with E-state index in [4.69, 9.17) is 4.74 Å². The molecule has 1 fully saturated rings. The van der Waals surface area contributed by atoms with Crippen LogP contribution in [-0.2, 0) is 0 Å². The van der Waals surface area contributed by atoms with Gasteiger partial charge in [0.05, 0.1) is 6.61 Å². The fourth-order valence-electron chi connectivity index (χ4n) is 3.74. The van der Waals surface area contributed by atoms with Crippen LogP contribution in [-0.4, -0.2) is 12.5 Å². The van der Waals surface area contributed by atoms with Crippen LogP contribution < -0.4 is 4.74 Å². The molecule has 0 heterocycles. The van der Waals surface area contributed by atoms with Crippen LogP contribution in [0.1, 0.15) is 83.1 Å². The first-order valence-electron chi connectivity index (χ1n) is 9.89. The highest BCUT2D eigenvalue weighted by Gasteiger charge is 2.41. The second-order valence-electron chi connectivity index (χ2n) is 7.40. The lowest BCUT2D eigenvalue weighted by atomic mass is 9.75. The van der Waals surface area contributed by atoms with Crippen molar-refractivity contribution in [3.63, 3.8) is 0 Å². The Morgan fingerprint density at radius 1 is 0.962 bits per heavy atom. The van der Waals surface area contributed by atoms with Gasteiger partial charge in [0.2, 0.25) is 5.82 Å². The average Bonchev–Trinajstić information content (AvgIpc) is 2.64. The molecule has 0 radical (unpaired) electrons. The van der Waals surface area contributed by atoms with Gasteiger partial charge in [0.1, 0.15) is 0 Å². The lowest BCUT2D eigenvalue weighted by Gasteiger charge is -2.34. The number of halogens is 4. The summed E-state index contributed by atoms with van der Waals surface area (Å²) in [7, 11) is 0. The van der Waals surface area contributed by atoms with Crippen molar-refractivity contribution < 1.29 is 22.3 Å². The smallest absolute Gasteiger partial charge is 0.250 e. The number of hydrogen-bond acceptors (Lipinski definition) is 1. The van der Waals surface area contributed by atoms with Gasteiger partial charge < -0.3 is 4.74 Å². The fraction of sp³-hybridized carbons (Fsp3) is 0.714. The zero-order valence-electron chi connectivity index (χ0n) is 15.8. The van der Waals surface area contributed by atoms with E-state index in [-0.39, 0.29) is 18.1 Å². The Balaban J connectivity index is 1.99. The third-order valence-electron chi connectivity index (χ3n) is 5.46. The summed E-state index contributed by atoms with van der Waals surface area (Å²) in [6.45, 7) is 4.25. The van der Waals surface area contributed by atoms with Gasteiger partial charge in [-0.1, -0.05) is 32.8 Å². The van der Waals surface area contributed by atoms with Gasteiger partial charge in [-0.3, -0.25) is 0 Å². The topological polar surface area (TPSA) is 9.23 Å². The van der Waals surface area contributed by atoms with Crippen molar-refractivity contribution in [2.75, 3.05) is 6.61 Å². The van der Waals surface area contributed by atoms with E-state index in [0.29, 0.717) is 44.3 Å². The van der Waals surface area contributed by atoms with Crippen molar-refractivity contribution in [3.8, 4) is 5.75 Å². The maximum Gasteiger partial charge on any atom is 0.250 e. The average molecular weight is 374 g/mol. The lowest BCUT2D eigenvalue weighted by molar-refractivity contribution is -0.0802. The molecule has 0 atom stereocenters. The van der Waals surface area contributed by atoms with Crippen molar-refractivity contribution in [1.82, 2.24) is 0 Å². The second-order valence-corrected chi connectivity index (χ2v) is 7.40. The zero-order chi connectivity index (χ0) is 19.2. The van der Waals surface area contributed by atoms with Crippen molar-refractivity contribution >= 4 is 0 Å². The lowest BCUT2D eigenvalue weighted by Crippen LogP contribution is -2.31. The highest BCUT2D eigenvalue weighted by Crippen LogP contribution is 2.45. The summed E-state index contributed by atoms with van der Waals surface area (Å²) in [6, 6.07) is 3.02. The normalized spacial score (nSPS) is 21.0. The zero-order valence-corrected chi connectivity index (χ0v) is 15.8. The Bertz CT molecular complexity index is 565. The van der Waals surface area contributed by atoms with Gasteiger partial charge in [0.25, 0.3) is 5.92 Å². The molecule has 0 amide bonds. The number of ether oxygens (including phenoxy) is 1. The molecular weight excluding hydrogens is 344 g/mol. The van der Waals surface area contributed by atoms with Crippen LogP contribution >= 0.6 is 0 Å². The first kappa shape index (κ1) is 21.0. The molecule has 1 nitrogen and oxygen atoms in total. The van der Waals surface area contributed by atoms with Gasteiger partial charge in [-0.15, -0.1) is 0 Å². The molecule has 0 saturated heterocycles. The first-order valence-corrected chi connectivity index (χ1v) is 9.89. The Morgan fingerprint density at radius 2 is 1.62 bits per heavy atom. The molecule has 1 aliphatic carbocycles. The molecular formula is C21H30F4O. The summed E-state index contributed by atoms with van der Waals surface area (Å²) in [6.07, 6.45) is 4.54. The van der Waals surface area contributed by atoms with E-state index in [0.717, 1.165) is 19.3 Å². The Morgan fingerprint density at radius 3 is 2.23 bits per heavy atom. The highest BCUT2D eigenvalue weighted by molar-refractivity contribution is 5.33. The summed E-state index contributed by atoms with van der Waals surface area (Å²) < 4.78 is 62.4. The summed E-state index contributed by atoms with van der Waals surface area (Å²) in [4.78, 5) is 0. The number of hydrogen-bond donors (Lipinski definition) is 0. The monoisotopic (exact) mass is 374 g/mol. The van der Waals surface area contributed by atoms with Crippen LogP contribution in [0.5, 0.6) is 5.75 Å². The van der Waals surface area contributed by atoms with Crippen molar-refractivity contribution in [2.45, 2.75) is 83.5 Å². The number of rotatable bonds is 9. The van der Waals surface area contributed by atoms with Crippen LogP contribution in [0.25, 0.3) is 0 Å². The number of alkyl halides is 2. The van der Waals surface area contributed by atoms with Gasteiger partial charge in [0.15, 0.2) is 11.6 Å². The van der Waals surface area contributed by atoms with Crippen molar-refractivity contribution in [1.29, 1.82) is 0 Å². The molecule has 2 rings (SSSR count). The minimum absolute atomic E-state index is 0.0699. The molecule has 0 aliphatic heterocycles. The van der Waals surface area contributed by atoms with Gasteiger partial charge in [-0.25, -0.2) is 13.2 Å². The van der Waals surface area contributed by atoms with E-state index in [9.17, 15) is 17.6 Å². The van der Waals surface area contributed by atoms with Crippen molar-refractivity contribution in [3.05, 3.63) is 29.3 Å². The minimum Gasteiger partial charge on any atom is -0.490 e. The third-order valence-corrected chi connectivity index (χ3v) is 5.46. The van der Waals surface area contributed by atoms with Gasteiger partial charge in [-0.05, 0) is 56.1 Å². The van der Waals surface area contributed by atoms with E-state index >= 15 is 0 Å². The van der Waals surface area contributed by atoms with Crippen LogP contribution in [0, 0.1) is 17.6 Å². The summed E-state index contributed by atoms with van der Waals surface area (Å²) in [5.74, 6) is -5.42. The number of unbranched alkanes of at least 4 members (excludes halogenated alkanes) is 2. The van der Waals surface area contributed by atoms with E-state index in [1.807, 2.05) is 13.8 Å². The predicted octanol–water partition coefficient (Wildman–Crippen LogP) is 7.24. The molecule has 26 heavy (non-hydrogen) atoms. The molecule has 5 heteroatoms. The molecule has 1 aromatic rings. The standard InChI is InChI=1S/C21H30F4O/c1-3-5-13-21(24,25)16-9-7-15(8-10-16)17-11-12-18(20(23)19(17)22)26-14-6-4-2/h11-12,15-16H,3-10,13-14H2,1-2H3. The molecule has 1 aliphatic rings. The molecule has 0 unspecified atom stereocenters. The minimum atomic E-state index is -2.65. The molecule has 0 aromatic heterocycles. The van der Waals surface area contributed by atoms with Gasteiger partial charge in [-0.2, -0.15) is 4.39 Å². The van der Waals surface area contributed by atoms with E-state index in [1.54, 1.807) is 6.07 Å². The van der Waals surface area contributed by atoms with Gasteiger partial charge >= 0.3 is 0 Å². The van der Waals surface area contributed by atoms with Crippen LogP contribution in [0.4, 0.5) is 17.6 Å². The number of benzene rings is 1. The van der Waals surface area contributed by atoms with Crippen LogP contribution in [0.2, 0.25) is 0 Å². The largest absolute Gasteiger partial charge is 0.490 e. The summed E-state index contributed by atoms with van der Waals surface area (Å²) >= 11 is 0. The second kappa shape index (κ2) is 9.61. The van der Waals surface area contributed by atoms with E-state index in [2.05, 4.69) is 0 Å². The summed E-state index contributed by atoms with van der Waals surface area (Å²) in [5.41, 5.74) is 0.292. The van der Waals surface area contributed by atoms with Gasteiger partial charge in [0, 0.05) is 12.3 Å².